The molecule has 0 aliphatic carbocycles. The summed E-state index contributed by atoms with van der Waals surface area (Å²) in [5.74, 6) is -0.265. The van der Waals surface area contributed by atoms with Crippen LogP contribution in [0.5, 0.6) is 0 Å². The molecular formula is C9H18NO4P. The molecule has 1 atom stereocenters. The van der Waals surface area contributed by atoms with Crippen LogP contribution in [-0.4, -0.2) is 27.9 Å². The number of rotatable bonds is 7. The first kappa shape index (κ1) is 14.4. The van der Waals surface area contributed by atoms with E-state index >= 15 is 0 Å². The van der Waals surface area contributed by atoms with Crippen molar-refractivity contribution >= 4 is 13.5 Å². The molecule has 88 valence electrons. The van der Waals surface area contributed by atoms with Crippen molar-refractivity contribution in [2.24, 2.45) is 0 Å². The van der Waals surface area contributed by atoms with E-state index < -0.39 is 13.3 Å². The largest absolute Gasteiger partial charge is 0.353 e. The molecule has 0 spiro atoms. The minimum Gasteiger partial charge on any atom is -0.353 e. The van der Waals surface area contributed by atoms with Gasteiger partial charge in [-0.2, -0.15) is 0 Å². The van der Waals surface area contributed by atoms with E-state index in [-0.39, 0.29) is 5.91 Å². The molecule has 0 rings (SSSR count). The zero-order valence-electron chi connectivity index (χ0n) is 8.85. The van der Waals surface area contributed by atoms with Gasteiger partial charge in [-0.1, -0.05) is 13.5 Å². The SMILES string of the molecule is C=CC(=O)NCCCC(CC)P(=O)(O)O. The molecular weight excluding hydrogens is 217 g/mol. The first-order valence-corrected chi connectivity index (χ1v) is 6.55. The van der Waals surface area contributed by atoms with Gasteiger partial charge in [0.2, 0.25) is 5.91 Å². The number of nitrogens with one attached hydrogen (secondary N) is 1. The zero-order valence-corrected chi connectivity index (χ0v) is 9.74. The summed E-state index contributed by atoms with van der Waals surface area (Å²) in [7, 11) is -3.98. The molecule has 0 fully saturated rings. The Morgan fingerprint density at radius 1 is 1.60 bits per heavy atom. The standard InChI is InChI=1S/C9H18NO4P/c1-3-8(15(12,13)14)6-5-7-10-9(11)4-2/h4,8H,2-3,5-7H2,1H3,(H,10,11)(H2,12,13,14). The lowest BCUT2D eigenvalue weighted by Crippen LogP contribution is -2.22. The van der Waals surface area contributed by atoms with Gasteiger partial charge in [-0.25, -0.2) is 0 Å². The molecule has 5 nitrogen and oxygen atoms in total. The summed E-state index contributed by atoms with van der Waals surface area (Å²) in [6.07, 6.45) is 2.58. The van der Waals surface area contributed by atoms with Gasteiger partial charge in [0, 0.05) is 6.54 Å². The normalized spacial score (nSPS) is 13.3. The van der Waals surface area contributed by atoms with Crippen molar-refractivity contribution in [1.82, 2.24) is 5.32 Å². The van der Waals surface area contributed by atoms with Crippen molar-refractivity contribution in [3.05, 3.63) is 12.7 Å². The van der Waals surface area contributed by atoms with Crippen molar-refractivity contribution in [3.63, 3.8) is 0 Å². The Labute approximate surface area is 89.7 Å². The first-order valence-electron chi connectivity index (χ1n) is 4.87. The highest BCUT2D eigenvalue weighted by Crippen LogP contribution is 2.44. The maximum Gasteiger partial charge on any atom is 0.328 e. The Balaban J connectivity index is 3.79. The van der Waals surface area contributed by atoms with E-state index in [1.165, 1.54) is 6.08 Å². The number of carbonyl (C=O) groups is 1. The highest BCUT2D eigenvalue weighted by Gasteiger charge is 2.25. The summed E-state index contributed by atoms with van der Waals surface area (Å²) in [5, 5.41) is 2.55. The van der Waals surface area contributed by atoms with Crippen LogP contribution < -0.4 is 5.32 Å². The van der Waals surface area contributed by atoms with E-state index in [1.54, 1.807) is 6.92 Å². The fourth-order valence-electron chi connectivity index (χ4n) is 1.23. The quantitative estimate of drug-likeness (QED) is 0.349. The Kier molecular flexibility index (Phi) is 6.48. The van der Waals surface area contributed by atoms with Gasteiger partial charge in [-0.15, -0.1) is 0 Å². The fraction of sp³-hybridized carbons (Fsp3) is 0.667. The van der Waals surface area contributed by atoms with E-state index in [2.05, 4.69) is 11.9 Å². The average molecular weight is 235 g/mol. The minimum absolute atomic E-state index is 0.265. The molecule has 0 radical (unpaired) electrons. The smallest absolute Gasteiger partial charge is 0.328 e. The number of carbonyl (C=O) groups excluding carboxylic acids is 1. The molecule has 0 bridgehead atoms. The minimum atomic E-state index is -3.98. The van der Waals surface area contributed by atoms with E-state index in [4.69, 9.17) is 9.79 Å². The second kappa shape index (κ2) is 6.77. The lowest BCUT2D eigenvalue weighted by atomic mass is 10.2. The molecule has 1 unspecified atom stereocenters. The van der Waals surface area contributed by atoms with Crippen LogP contribution in [0.2, 0.25) is 0 Å². The molecule has 3 N–H and O–H groups in total. The molecule has 0 aliphatic heterocycles. The fourth-order valence-corrected chi connectivity index (χ4v) is 2.23. The van der Waals surface area contributed by atoms with E-state index in [1.807, 2.05) is 0 Å². The van der Waals surface area contributed by atoms with Crippen molar-refractivity contribution < 1.29 is 19.1 Å². The maximum atomic E-state index is 10.9. The topological polar surface area (TPSA) is 86.6 Å². The highest BCUT2D eigenvalue weighted by molar-refractivity contribution is 7.52. The molecule has 0 aromatic heterocycles. The Morgan fingerprint density at radius 3 is 2.60 bits per heavy atom. The summed E-state index contributed by atoms with van der Waals surface area (Å²) in [4.78, 5) is 28.6. The summed E-state index contributed by atoms with van der Waals surface area (Å²) >= 11 is 0. The van der Waals surface area contributed by atoms with Crippen LogP contribution >= 0.6 is 7.60 Å². The van der Waals surface area contributed by atoms with Gasteiger partial charge in [-0.3, -0.25) is 9.36 Å². The van der Waals surface area contributed by atoms with Gasteiger partial charge in [0.25, 0.3) is 0 Å². The lowest BCUT2D eigenvalue weighted by Gasteiger charge is -2.15. The monoisotopic (exact) mass is 235 g/mol. The molecule has 0 aromatic rings. The van der Waals surface area contributed by atoms with Crippen molar-refractivity contribution in [3.8, 4) is 0 Å². The van der Waals surface area contributed by atoms with Crippen molar-refractivity contribution in [2.75, 3.05) is 6.54 Å². The molecule has 15 heavy (non-hydrogen) atoms. The van der Waals surface area contributed by atoms with E-state index in [9.17, 15) is 9.36 Å². The third kappa shape index (κ3) is 6.44. The third-order valence-electron chi connectivity index (χ3n) is 2.15. The number of hydrogen-bond acceptors (Lipinski definition) is 2. The van der Waals surface area contributed by atoms with E-state index in [0.717, 1.165) is 0 Å². The van der Waals surface area contributed by atoms with Gasteiger partial charge in [0.15, 0.2) is 0 Å². The Bertz CT molecular complexity index is 261. The van der Waals surface area contributed by atoms with Crippen LogP contribution in [0.25, 0.3) is 0 Å². The van der Waals surface area contributed by atoms with Crippen LogP contribution in [0.15, 0.2) is 12.7 Å². The first-order chi connectivity index (χ1) is 6.91. The van der Waals surface area contributed by atoms with Gasteiger partial charge >= 0.3 is 7.60 Å². The van der Waals surface area contributed by atoms with Gasteiger partial charge < -0.3 is 15.1 Å². The zero-order chi connectivity index (χ0) is 11.9. The summed E-state index contributed by atoms with van der Waals surface area (Å²) in [6.45, 7) is 5.45. The predicted octanol–water partition coefficient (Wildman–Crippen LogP) is 1.03. The second-order valence-corrected chi connectivity index (χ2v) is 5.20. The van der Waals surface area contributed by atoms with Gasteiger partial charge in [-0.05, 0) is 25.3 Å². The molecule has 1 amide bonds. The summed E-state index contributed by atoms with van der Waals surface area (Å²) < 4.78 is 10.9. The van der Waals surface area contributed by atoms with Crippen LogP contribution in [0.4, 0.5) is 0 Å². The average Bonchev–Trinajstić information content (AvgIpc) is 2.15. The van der Waals surface area contributed by atoms with E-state index in [0.29, 0.717) is 25.8 Å². The molecule has 0 aromatic carbocycles. The molecule has 6 heteroatoms. The van der Waals surface area contributed by atoms with Gasteiger partial charge in [0.05, 0.1) is 5.66 Å². The number of amides is 1. The number of hydrogen-bond donors (Lipinski definition) is 3. The molecule has 0 saturated heterocycles. The molecule has 0 saturated carbocycles. The highest BCUT2D eigenvalue weighted by atomic mass is 31.2. The van der Waals surface area contributed by atoms with Crippen molar-refractivity contribution in [2.45, 2.75) is 31.8 Å². The third-order valence-corrected chi connectivity index (χ3v) is 3.72. The summed E-state index contributed by atoms with van der Waals surface area (Å²) in [6, 6.07) is 0. The van der Waals surface area contributed by atoms with Gasteiger partial charge in [0.1, 0.15) is 0 Å². The molecule has 0 aliphatic rings. The van der Waals surface area contributed by atoms with Crippen molar-refractivity contribution in [1.29, 1.82) is 0 Å². The predicted molar refractivity (Wildman–Crippen MR) is 58.6 cm³/mol. The van der Waals surface area contributed by atoms with Crippen LogP contribution in [0.1, 0.15) is 26.2 Å². The second-order valence-electron chi connectivity index (χ2n) is 3.29. The summed E-state index contributed by atoms with van der Waals surface area (Å²) in [5.41, 5.74) is -0.599. The maximum absolute atomic E-state index is 10.9. The van der Waals surface area contributed by atoms with Crippen LogP contribution in [-0.2, 0) is 9.36 Å². The lowest BCUT2D eigenvalue weighted by molar-refractivity contribution is -0.116. The van der Waals surface area contributed by atoms with Crippen LogP contribution in [0.3, 0.4) is 0 Å². The Morgan fingerprint density at radius 2 is 2.20 bits per heavy atom. The Hall–Kier alpha value is -0.640. The van der Waals surface area contributed by atoms with Crippen LogP contribution in [0, 0.1) is 0 Å². The molecule has 0 heterocycles.